The molecule has 5 N–H and O–H groups in total. The van der Waals surface area contributed by atoms with E-state index >= 15 is 0 Å². The van der Waals surface area contributed by atoms with Gasteiger partial charge in [0, 0.05) is 13.1 Å². The fourth-order valence-corrected chi connectivity index (χ4v) is 4.23. The van der Waals surface area contributed by atoms with Crippen LogP contribution in [0.25, 0.3) is 0 Å². The molecule has 1 aromatic carbocycles. The summed E-state index contributed by atoms with van der Waals surface area (Å²) in [5.41, 5.74) is 5.57. The van der Waals surface area contributed by atoms with Crippen LogP contribution in [0.3, 0.4) is 0 Å². The molecule has 0 spiro atoms. The van der Waals surface area contributed by atoms with E-state index in [1.807, 2.05) is 30.3 Å². The number of rotatable bonds is 4. The lowest BCUT2D eigenvalue weighted by atomic mass is 9.73. The van der Waals surface area contributed by atoms with Gasteiger partial charge in [-0.2, -0.15) is 0 Å². The highest BCUT2D eigenvalue weighted by atomic mass is 32.1. The van der Waals surface area contributed by atoms with E-state index in [1.54, 1.807) is 6.92 Å². The summed E-state index contributed by atoms with van der Waals surface area (Å²) in [7, 11) is 0. The summed E-state index contributed by atoms with van der Waals surface area (Å²) >= 11 is 1.09. The lowest BCUT2D eigenvalue weighted by Gasteiger charge is -2.43. The molecule has 0 aliphatic carbocycles. The number of aliphatic hydroxyl groups is 1. The van der Waals surface area contributed by atoms with Crippen molar-refractivity contribution in [2.24, 2.45) is 5.41 Å². The van der Waals surface area contributed by atoms with E-state index in [0.29, 0.717) is 22.2 Å². The van der Waals surface area contributed by atoms with Crippen LogP contribution < -0.4 is 5.73 Å². The average Bonchev–Trinajstić information content (AvgIpc) is 3.02. The highest BCUT2D eigenvalue weighted by Crippen LogP contribution is 2.36. The van der Waals surface area contributed by atoms with Crippen LogP contribution in [0.15, 0.2) is 30.3 Å². The number of hydrogen-bond acceptors (Lipinski definition) is 7. The molecule has 1 saturated heterocycles. The second kappa shape index (κ2) is 9.48. The van der Waals surface area contributed by atoms with Gasteiger partial charge in [0.05, 0.1) is 11.8 Å². The molecule has 1 aliphatic rings. The number of likely N-dealkylation sites (tertiary alicyclic amines) is 1. The molecule has 2 atom stereocenters. The highest BCUT2D eigenvalue weighted by Gasteiger charge is 2.50. The standard InChI is InChI=1S/C18H21N3O4S.CH2O2/c1-11-14(26-17(19)20-11)15(23)21-8-7-13(22)18(10-21,16(24)25)9-12-5-3-2-4-6-12;2-1-3/h2-6,13,22H,7-10H2,1H3,(H2,19,20)(H,24,25);1H,(H,2,3)/t13-,18-;/m1./s1. The minimum atomic E-state index is -1.45. The summed E-state index contributed by atoms with van der Waals surface area (Å²) in [6, 6.07) is 9.15. The number of carboxylic acids is 1. The molecular formula is C19H23N3O6S. The van der Waals surface area contributed by atoms with Crippen molar-refractivity contribution in [3.8, 4) is 0 Å². The number of piperidine rings is 1. The number of aliphatic carboxylic acids is 1. The normalized spacial score (nSPS) is 21.0. The Morgan fingerprint density at radius 3 is 2.52 bits per heavy atom. The number of carboxylic acid groups (broad SMARTS) is 2. The molecule has 0 saturated carbocycles. The predicted molar refractivity (Wildman–Crippen MR) is 107 cm³/mol. The van der Waals surface area contributed by atoms with Crippen molar-refractivity contribution in [2.45, 2.75) is 25.9 Å². The number of anilines is 1. The van der Waals surface area contributed by atoms with Crippen LogP contribution in [0.1, 0.15) is 27.3 Å². The molecule has 156 valence electrons. The monoisotopic (exact) mass is 421 g/mol. The van der Waals surface area contributed by atoms with E-state index < -0.39 is 17.5 Å². The number of carbonyl (C=O) groups is 3. The van der Waals surface area contributed by atoms with Gasteiger partial charge in [-0.1, -0.05) is 41.7 Å². The van der Waals surface area contributed by atoms with Crippen LogP contribution in [-0.2, 0) is 16.0 Å². The Hall–Kier alpha value is -2.98. The van der Waals surface area contributed by atoms with E-state index in [9.17, 15) is 19.8 Å². The quantitative estimate of drug-likeness (QED) is 0.538. The van der Waals surface area contributed by atoms with Gasteiger partial charge in [-0.3, -0.25) is 14.4 Å². The molecule has 0 unspecified atom stereocenters. The van der Waals surface area contributed by atoms with Crippen molar-refractivity contribution in [3.05, 3.63) is 46.5 Å². The van der Waals surface area contributed by atoms with Gasteiger partial charge in [-0.25, -0.2) is 4.98 Å². The van der Waals surface area contributed by atoms with E-state index in [-0.39, 0.29) is 31.8 Å². The molecule has 2 aromatic rings. The molecule has 0 bridgehead atoms. The van der Waals surface area contributed by atoms with Crippen molar-refractivity contribution in [1.82, 2.24) is 9.88 Å². The van der Waals surface area contributed by atoms with Crippen molar-refractivity contribution in [3.63, 3.8) is 0 Å². The van der Waals surface area contributed by atoms with Crippen LogP contribution in [-0.4, -0.2) is 62.7 Å². The molecule has 29 heavy (non-hydrogen) atoms. The number of aliphatic hydroxyl groups excluding tert-OH is 1. The minimum Gasteiger partial charge on any atom is -0.483 e. The zero-order valence-electron chi connectivity index (χ0n) is 15.8. The van der Waals surface area contributed by atoms with Gasteiger partial charge in [-0.15, -0.1) is 0 Å². The smallest absolute Gasteiger partial charge is 0.314 e. The maximum atomic E-state index is 12.9. The van der Waals surface area contributed by atoms with Gasteiger partial charge in [0.1, 0.15) is 10.3 Å². The van der Waals surface area contributed by atoms with Crippen molar-refractivity contribution >= 4 is 34.8 Å². The van der Waals surface area contributed by atoms with Crippen LogP contribution in [0.2, 0.25) is 0 Å². The number of amides is 1. The zero-order valence-corrected chi connectivity index (χ0v) is 16.6. The second-order valence-electron chi connectivity index (χ2n) is 6.73. The number of nitrogens with two attached hydrogens (primary N) is 1. The van der Waals surface area contributed by atoms with Gasteiger partial charge in [-0.05, 0) is 25.3 Å². The largest absolute Gasteiger partial charge is 0.483 e. The third-order valence-corrected chi connectivity index (χ3v) is 5.84. The summed E-state index contributed by atoms with van der Waals surface area (Å²) in [5, 5.41) is 27.6. The van der Waals surface area contributed by atoms with Crippen LogP contribution in [0, 0.1) is 12.3 Å². The number of thiazole rings is 1. The summed E-state index contributed by atoms with van der Waals surface area (Å²) in [5.74, 6) is -1.39. The van der Waals surface area contributed by atoms with E-state index in [4.69, 9.17) is 15.6 Å². The number of nitrogens with zero attached hydrogens (tertiary/aromatic N) is 2. The third-order valence-electron chi connectivity index (χ3n) is 4.87. The molecule has 9 nitrogen and oxygen atoms in total. The van der Waals surface area contributed by atoms with E-state index in [0.717, 1.165) is 16.9 Å². The molecular weight excluding hydrogens is 398 g/mol. The fourth-order valence-electron chi connectivity index (χ4n) is 3.43. The molecule has 1 amide bonds. The number of benzene rings is 1. The zero-order chi connectivity index (χ0) is 21.6. The first-order chi connectivity index (χ1) is 13.7. The number of hydrogen-bond donors (Lipinski definition) is 4. The number of aromatic nitrogens is 1. The summed E-state index contributed by atoms with van der Waals surface area (Å²) < 4.78 is 0. The summed E-state index contributed by atoms with van der Waals surface area (Å²) in [6.45, 7) is 1.68. The van der Waals surface area contributed by atoms with Crippen LogP contribution in [0.5, 0.6) is 0 Å². The van der Waals surface area contributed by atoms with E-state index in [2.05, 4.69) is 4.98 Å². The number of nitrogen functional groups attached to an aromatic ring is 1. The first-order valence-corrected chi connectivity index (χ1v) is 9.62. The first kappa shape index (κ1) is 22.3. The lowest BCUT2D eigenvalue weighted by Crippen LogP contribution is -2.58. The first-order valence-electron chi connectivity index (χ1n) is 8.80. The van der Waals surface area contributed by atoms with Gasteiger partial charge in [0.15, 0.2) is 5.13 Å². The maximum Gasteiger partial charge on any atom is 0.314 e. The van der Waals surface area contributed by atoms with Crippen molar-refractivity contribution in [1.29, 1.82) is 0 Å². The van der Waals surface area contributed by atoms with Gasteiger partial charge < -0.3 is 26.0 Å². The molecule has 1 aliphatic heterocycles. The number of aryl methyl sites for hydroxylation is 1. The Kier molecular flexibility index (Phi) is 7.29. The molecule has 10 heteroatoms. The average molecular weight is 421 g/mol. The predicted octanol–water partition coefficient (Wildman–Crippen LogP) is 1.26. The lowest BCUT2D eigenvalue weighted by molar-refractivity contribution is -0.161. The van der Waals surface area contributed by atoms with Gasteiger partial charge in [0.2, 0.25) is 0 Å². The highest BCUT2D eigenvalue weighted by molar-refractivity contribution is 7.17. The maximum absolute atomic E-state index is 12.9. The number of carbonyl (C=O) groups excluding carboxylic acids is 1. The van der Waals surface area contributed by atoms with Crippen molar-refractivity contribution < 1.29 is 29.7 Å². The Morgan fingerprint density at radius 2 is 2.00 bits per heavy atom. The fraction of sp³-hybridized carbons (Fsp3) is 0.368. The topological polar surface area (TPSA) is 154 Å². The second-order valence-corrected chi connectivity index (χ2v) is 7.76. The Labute approximate surface area is 171 Å². The Balaban J connectivity index is 0.000000941. The third kappa shape index (κ3) is 4.90. The summed E-state index contributed by atoms with van der Waals surface area (Å²) in [4.78, 5) is 39.3. The van der Waals surface area contributed by atoms with Gasteiger partial charge >= 0.3 is 5.97 Å². The van der Waals surface area contributed by atoms with Crippen molar-refractivity contribution in [2.75, 3.05) is 18.8 Å². The summed E-state index contributed by atoms with van der Waals surface area (Å²) in [6.07, 6.45) is -0.673. The SMILES string of the molecule is Cc1nc(N)sc1C(=O)N1CC[C@@H](O)[C@](Cc2ccccc2)(C(=O)O)C1.O=CO. The molecule has 1 aromatic heterocycles. The molecule has 0 radical (unpaired) electrons. The molecule has 2 heterocycles. The Morgan fingerprint density at radius 1 is 1.38 bits per heavy atom. The molecule has 3 rings (SSSR count). The minimum absolute atomic E-state index is 0.0610. The Bertz CT molecular complexity index is 872. The van der Waals surface area contributed by atoms with Gasteiger partial charge in [0.25, 0.3) is 12.4 Å². The van der Waals surface area contributed by atoms with E-state index in [1.165, 1.54) is 4.90 Å². The van der Waals surface area contributed by atoms with Crippen LogP contribution >= 0.6 is 11.3 Å². The molecule has 1 fully saturated rings. The van der Waals surface area contributed by atoms with Crippen LogP contribution in [0.4, 0.5) is 5.13 Å².